The van der Waals surface area contributed by atoms with Crippen LogP contribution in [-0.4, -0.2) is 15.7 Å². The highest BCUT2D eigenvalue weighted by Crippen LogP contribution is 2.31. The molecule has 6 heteroatoms. The maximum absolute atomic E-state index is 12.8. The predicted molar refractivity (Wildman–Crippen MR) is 80.4 cm³/mol. The van der Waals surface area contributed by atoms with Crippen LogP contribution >= 0.6 is 0 Å². The van der Waals surface area contributed by atoms with E-state index >= 15 is 0 Å². The van der Waals surface area contributed by atoms with Crippen LogP contribution in [0.4, 0.5) is 13.2 Å². The molecule has 118 valence electrons. The molecule has 3 nitrogen and oxygen atoms in total. The topological polar surface area (TPSA) is 34.4 Å². The van der Waals surface area contributed by atoms with Gasteiger partial charge in [-0.05, 0) is 24.1 Å². The number of aldehydes is 1. The summed E-state index contributed by atoms with van der Waals surface area (Å²) in [4.78, 5) is 15.7. The van der Waals surface area contributed by atoms with Crippen molar-refractivity contribution in [3.8, 4) is 11.3 Å². The van der Waals surface area contributed by atoms with Crippen molar-refractivity contribution in [2.24, 2.45) is 0 Å². The van der Waals surface area contributed by atoms with Crippen molar-refractivity contribution in [3.05, 3.63) is 59.4 Å². The lowest BCUT2D eigenvalue weighted by Gasteiger charge is -2.07. The summed E-state index contributed by atoms with van der Waals surface area (Å²) in [5.74, 6) is 0. The molecule has 0 spiro atoms. The van der Waals surface area contributed by atoms with Gasteiger partial charge in [-0.3, -0.25) is 9.20 Å². The molecule has 0 N–H and O–H groups in total. The quantitative estimate of drug-likeness (QED) is 0.671. The zero-order valence-electron chi connectivity index (χ0n) is 12.3. The molecule has 0 unspecified atom stereocenters. The lowest BCUT2D eigenvalue weighted by molar-refractivity contribution is -0.137. The second kappa shape index (κ2) is 5.53. The van der Waals surface area contributed by atoms with E-state index in [4.69, 9.17) is 0 Å². The summed E-state index contributed by atoms with van der Waals surface area (Å²) in [7, 11) is 0. The first-order chi connectivity index (χ1) is 10.9. The van der Waals surface area contributed by atoms with E-state index in [1.54, 1.807) is 0 Å². The molecule has 0 amide bonds. The van der Waals surface area contributed by atoms with Gasteiger partial charge < -0.3 is 0 Å². The van der Waals surface area contributed by atoms with Gasteiger partial charge in [0.15, 0.2) is 6.29 Å². The second-order valence-corrected chi connectivity index (χ2v) is 5.16. The van der Waals surface area contributed by atoms with Crippen LogP contribution in [0.25, 0.3) is 16.9 Å². The number of nitrogens with zero attached hydrogens (tertiary/aromatic N) is 2. The Bertz CT molecular complexity index is 864. The molecule has 0 bridgehead atoms. The average molecular weight is 318 g/mol. The van der Waals surface area contributed by atoms with Gasteiger partial charge in [-0.2, -0.15) is 13.2 Å². The van der Waals surface area contributed by atoms with Gasteiger partial charge in [-0.1, -0.05) is 31.2 Å². The van der Waals surface area contributed by atoms with E-state index in [0.717, 1.165) is 24.2 Å². The molecular formula is C17H13F3N2O. The van der Waals surface area contributed by atoms with Gasteiger partial charge >= 0.3 is 6.18 Å². The van der Waals surface area contributed by atoms with Crippen molar-refractivity contribution in [1.29, 1.82) is 0 Å². The van der Waals surface area contributed by atoms with E-state index in [1.807, 2.05) is 31.2 Å². The highest BCUT2D eigenvalue weighted by Gasteiger charge is 2.31. The fourth-order valence-corrected chi connectivity index (χ4v) is 2.45. The van der Waals surface area contributed by atoms with Crippen LogP contribution in [0, 0.1) is 0 Å². The first-order valence-electron chi connectivity index (χ1n) is 7.08. The molecule has 3 rings (SSSR count). The Morgan fingerprint density at radius 2 is 1.83 bits per heavy atom. The summed E-state index contributed by atoms with van der Waals surface area (Å²) in [6, 6.07) is 9.68. The number of imidazole rings is 1. The van der Waals surface area contributed by atoms with E-state index in [9.17, 15) is 18.0 Å². The first kappa shape index (κ1) is 15.3. The number of benzene rings is 1. The molecule has 2 heterocycles. The van der Waals surface area contributed by atoms with E-state index in [-0.39, 0.29) is 5.69 Å². The van der Waals surface area contributed by atoms with E-state index in [1.165, 1.54) is 10.5 Å². The van der Waals surface area contributed by atoms with Gasteiger partial charge in [-0.15, -0.1) is 0 Å². The third kappa shape index (κ3) is 2.72. The van der Waals surface area contributed by atoms with Crippen molar-refractivity contribution < 1.29 is 18.0 Å². The molecule has 0 saturated heterocycles. The molecule has 0 saturated carbocycles. The SMILES string of the molecule is CCc1ccc(-c2nc3ccc(C(F)(F)F)cn3c2C=O)cc1. The number of aryl methyl sites for hydroxylation is 1. The van der Waals surface area contributed by atoms with Crippen LogP contribution in [0.2, 0.25) is 0 Å². The largest absolute Gasteiger partial charge is 0.417 e. The van der Waals surface area contributed by atoms with Gasteiger partial charge in [0.1, 0.15) is 17.0 Å². The van der Waals surface area contributed by atoms with E-state index < -0.39 is 11.7 Å². The van der Waals surface area contributed by atoms with E-state index in [0.29, 0.717) is 23.2 Å². The Morgan fingerprint density at radius 1 is 1.13 bits per heavy atom. The maximum atomic E-state index is 12.8. The second-order valence-electron chi connectivity index (χ2n) is 5.16. The monoisotopic (exact) mass is 318 g/mol. The summed E-state index contributed by atoms with van der Waals surface area (Å²) < 4.78 is 39.7. The molecule has 0 radical (unpaired) electrons. The number of halogens is 3. The minimum absolute atomic E-state index is 0.107. The number of fused-ring (bicyclic) bond motifs is 1. The molecule has 0 atom stereocenters. The van der Waals surface area contributed by atoms with Crippen molar-refractivity contribution >= 4 is 11.9 Å². The zero-order chi connectivity index (χ0) is 16.6. The normalized spacial score (nSPS) is 11.8. The Labute approximate surface area is 130 Å². The van der Waals surface area contributed by atoms with Crippen LogP contribution in [0.3, 0.4) is 0 Å². The number of rotatable bonds is 3. The zero-order valence-corrected chi connectivity index (χ0v) is 12.3. The summed E-state index contributed by atoms with van der Waals surface area (Å²) in [6.45, 7) is 2.02. The highest BCUT2D eigenvalue weighted by atomic mass is 19.4. The highest BCUT2D eigenvalue weighted by molar-refractivity contribution is 5.86. The molecule has 1 aromatic carbocycles. The average Bonchev–Trinajstić information content (AvgIpc) is 2.91. The first-order valence-corrected chi connectivity index (χ1v) is 7.08. The number of hydrogen-bond donors (Lipinski definition) is 0. The Kier molecular flexibility index (Phi) is 3.67. The lowest BCUT2D eigenvalue weighted by Crippen LogP contribution is -2.06. The van der Waals surface area contributed by atoms with Crippen LogP contribution < -0.4 is 0 Å². The van der Waals surface area contributed by atoms with Gasteiger partial charge in [0, 0.05) is 11.8 Å². The molecule has 0 aliphatic rings. The van der Waals surface area contributed by atoms with Crippen LogP contribution in [0.5, 0.6) is 0 Å². The summed E-state index contributed by atoms with van der Waals surface area (Å²) >= 11 is 0. The molecule has 2 aromatic heterocycles. The van der Waals surface area contributed by atoms with Gasteiger partial charge in [0.05, 0.1) is 5.56 Å². The van der Waals surface area contributed by atoms with Crippen LogP contribution in [0.1, 0.15) is 28.5 Å². The van der Waals surface area contributed by atoms with Crippen LogP contribution in [0.15, 0.2) is 42.6 Å². The number of carbonyl (C=O) groups is 1. The van der Waals surface area contributed by atoms with Gasteiger partial charge in [0.25, 0.3) is 0 Å². The maximum Gasteiger partial charge on any atom is 0.417 e. The summed E-state index contributed by atoms with van der Waals surface area (Å²) in [5.41, 5.74) is 1.79. The predicted octanol–water partition coefficient (Wildman–Crippen LogP) is 4.40. The molecule has 0 aliphatic carbocycles. The van der Waals surface area contributed by atoms with Crippen molar-refractivity contribution in [2.45, 2.75) is 19.5 Å². The smallest absolute Gasteiger partial charge is 0.296 e. The third-order valence-electron chi connectivity index (χ3n) is 3.73. The number of hydrogen-bond acceptors (Lipinski definition) is 2. The minimum Gasteiger partial charge on any atom is -0.296 e. The van der Waals surface area contributed by atoms with Crippen LogP contribution in [-0.2, 0) is 12.6 Å². The van der Waals surface area contributed by atoms with Crippen molar-refractivity contribution in [3.63, 3.8) is 0 Å². The van der Waals surface area contributed by atoms with E-state index in [2.05, 4.69) is 4.98 Å². The third-order valence-corrected chi connectivity index (χ3v) is 3.73. The summed E-state index contributed by atoms with van der Waals surface area (Å²) in [6.07, 6.45) is -2.17. The van der Waals surface area contributed by atoms with Crippen molar-refractivity contribution in [2.75, 3.05) is 0 Å². The standard InChI is InChI=1S/C17H13F3N2O/c1-2-11-3-5-12(6-4-11)16-14(10-23)22-9-13(17(18,19)20)7-8-15(22)21-16/h3-10H,2H2,1H3. The lowest BCUT2D eigenvalue weighted by atomic mass is 10.1. The van der Waals surface area contributed by atoms with Crippen molar-refractivity contribution in [1.82, 2.24) is 9.38 Å². The summed E-state index contributed by atoms with van der Waals surface area (Å²) in [5, 5.41) is 0. The number of pyridine rings is 1. The van der Waals surface area contributed by atoms with Gasteiger partial charge in [0.2, 0.25) is 0 Å². The molecule has 3 aromatic rings. The molecule has 0 fully saturated rings. The number of aromatic nitrogens is 2. The molecule has 0 aliphatic heterocycles. The Balaban J connectivity index is 2.19. The number of carbonyl (C=O) groups excluding carboxylic acids is 1. The Morgan fingerprint density at radius 3 is 2.39 bits per heavy atom. The van der Waals surface area contributed by atoms with Gasteiger partial charge in [-0.25, -0.2) is 4.98 Å². The fraction of sp³-hybridized carbons (Fsp3) is 0.176. The molecular weight excluding hydrogens is 305 g/mol. The molecule has 23 heavy (non-hydrogen) atoms. The Hall–Kier alpha value is -2.63. The fourth-order valence-electron chi connectivity index (χ4n) is 2.45. The minimum atomic E-state index is -4.47. The number of alkyl halides is 3.